The van der Waals surface area contributed by atoms with Gasteiger partial charge in [0, 0.05) is 31.7 Å². The van der Waals surface area contributed by atoms with E-state index in [0.717, 1.165) is 37.4 Å². The number of carbonyl (C=O) groups is 1. The Morgan fingerprint density at radius 1 is 1.36 bits per heavy atom. The van der Waals surface area contributed by atoms with Crippen LogP contribution in [0.3, 0.4) is 0 Å². The van der Waals surface area contributed by atoms with Gasteiger partial charge in [-0.05, 0) is 50.9 Å². The Morgan fingerprint density at radius 2 is 2.09 bits per heavy atom. The molecular formula is C18H29N3O. The van der Waals surface area contributed by atoms with Gasteiger partial charge in [0.25, 0.3) is 0 Å². The minimum Gasteiger partial charge on any atom is -0.343 e. The molecule has 1 saturated heterocycles. The van der Waals surface area contributed by atoms with Crippen LogP contribution in [0.15, 0.2) is 12.1 Å². The number of carbonyl (C=O) groups excluding carboxylic acids is 1. The van der Waals surface area contributed by atoms with Crippen LogP contribution in [0, 0.1) is 0 Å². The second-order valence-electron chi connectivity index (χ2n) is 6.83. The molecule has 0 N–H and O–H groups in total. The fourth-order valence-corrected chi connectivity index (χ4v) is 3.13. The molecule has 22 heavy (non-hydrogen) atoms. The van der Waals surface area contributed by atoms with E-state index >= 15 is 0 Å². The van der Waals surface area contributed by atoms with Crippen LogP contribution in [0.5, 0.6) is 0 Å². The Labute approximate surface area is 134 Å². The topological polar surface area (TPSA) is 36.4 Å². The SMILES string of the molecule is CCN1CCC(c2ccc(C(C)C)nc2CN(C)C)CC1=O. The van der Waals surface area contributed by atoms with E-state index in [2.05, 4.69) is 51.9 Å². The highest BCUT2D eigenvalue weighted by molar-refractivity contribution is 5.78. The van der Waals surface area contributed by atoms with Gasteiger partial charge in [-0.2, -0.15) is 0 Å². The predicted octanol–water partition coefficient (Wildman–Crippen LogP) is 2.99. The van der Waals surface area contributed by atoms with Crippen molar-refractivity contribution in [1.82, 2.24) is 14.8 Å². The first kappa shape index (κ1) is 16.9. The van der Waals surface area contributed by atoms with Crippen LogP contribution in [0.4, 0.5) is 0 Å². The molecule has 1 aromatic rings. The van der Waals surface area contributed by atoms with Gasteiger partial charge in [0.2, 0.25) is 5.91 Å². The molecule has 0 aliphatic carbocycles. The summed E-state index contributed by atoms with van der Waals surface area (Å²) in [6, 6.07) is 4.34. The predicted molar refractivity (Wildman–Crippen MR) is 89.9 cm³/mol. The van der Waals surface area contributed by atoms with E-state index in [4.69, 9.17) is 4.98 Å². The molecular weight excluding hydrogens is 274 g/mol. The number of nitrogens with zero attached hydrogens (tertiary/aromatic N) is 3. The van der Waals surface area contributed by atoms with Gasteiger partial charge in [-0.3, -0.25) is 9.78 Å². The van der Waals surface area contributed by atoms with E-state index in [-0.39, 0.29) is 5.91 Å². The lowest BCUT2D eigenvalue weighted by Crippen LogP contribution is -2.38. The van der Waals surface area contributed by atoms with Crippen molar-refractivity contribution in [3.05, 3.63) is 29.1 Å². The Hall–Kier alpha value is -1.42. The molecule has 1 aliphatic heterocycles. The lowest BCUT2D eigenvalue weighted by Gasteiger charge is -2.32. The third-order valence-electron chi connectivity index (χ3n) is 4.43. The summed E-state index contributed by atoms with van der Waals surface area (Å²) in [7, 11) is 4.14. The zero-order valence-corrected chi connectivity index (χ0v) is 14.6. The number of amides is 1. The van der Waals surface area contributed by atoms with Crippen LogP contribution in [-0.2, 0) is 11.3 Å². The Morgan fingerprint density at radius 3 is 2.64 bits per heavy atom. The maximum absolute atomic E-state index is 12.2. The second kappa shape index (κ2) is 7.23. The summed E-state index contributed by atoms with van der Waals surface area (Å²) in [5, 5.41) is 0. The van der Waals surface area contributed by atoms with Gasteiger partial charge in [-0.15, -0.1) is 0 Å². The molecule has 1 atom stereocenters. The summed E-state index contributed by atoms with van der Waals surface area (Å²) < 4.78 is 0. The van der Waals surface area contributed by atoms with Gasteiger partial charge in [0.1, 0.15) is 0 Å². The minimum absolute atomic E-state index is 0.280. The normalized spacial score (nSPS) is 19.3. The molecule has 4 nitrogen and oxygen atoms in total. The van der Waals surface area contributed by atoms with Crippen LogP contribution in [0.25, 0.3) is 0 Å². The molecule has 1 unspecified atom stereocenters. The third kappa shape index (κ3) is 3.86. The molecule has 0 bridgehead atoms. The first-order valence-electron chi connectivity index (χ1n) is 8.34. The van der Waals surface area contributed by atoms with Crippen LogP contribution in [0.2, 0.25) is 0 Å². The van der Waals surface area contributed by atoms with Crippen LogP contribution in [0.1, 0.15) is 62.4 Å². The number of hydrogen-bond donors (Lipinski definition) is 0. The number of hydrogen-bond acceptors (Lipinski definition) is 3. The number of likely N-dealkylation sites (tertiary alicyclic amines) is 1. The lowest BCUT2D eigenvalue weighted by atomic mass is 9.87. The van der Waals surface area contributed by atoms with E-state index in [1.54, 1.807) is 0 Å². The van der Waals surface area contributed by atoms with Crippen LogP contribution < -0.4 is 0 Å². The zero-order valence-electron chi connectivity index (χ0n) is 14.6. The molecule has 4 heteroatoms. The fraction of sp³-hybridized carbons (Fsp3) is 0.667. The molecule has 122 valence electrons. The summed E-state index contributed by atoms with van der Waals surface area (Å²) >= 11 is 0. The van der Waals surface area contributed by atoms with Gasteiger partial charge in [-0.1, -0.05) is 19.9 Å². The largest absolute Gasteiger partial charge is 0.343 e. The molecule has 2 heterocycles. The van der Waals surface area contributed by atoms with Crippen molar-refractivity contribution in [2.45, 2.75) is 52.0 Å². The van der Waals surface area contributed by atoms with Crippen molar-refractivity contribution in [1.29, 1.82) is 0 Å². The van der Waals surface area contributed by atoms with Crippen molar-refractivity contribution < 1.29 is 4.79 Å². The van der Waals surface area contributed by atoms with Gasteiger partial charge < -0.3 is 9.80 Å². The highest BCUT2D eigenvalue weighted by Crippen LogP contribution is 2.31. The molecule has 0 saturated carbocycles. The Bertz CT molecular complexity index is 525. The number of rotatable bonds is 5. The van der Waals surface area contributed by atoms with E-state index in [9.17, 15) is 4.79 Å². The van der Waals surface area contributed by atoms with Crippen LogP contribution in [-0.4, -0.2) is 47.9 Å². The average molecular weight is 303 g/mol. The number of aromatic nitrogens is 1. The maximum atomic E-state index is 12.2. The van der Waals surface area contributed by atoms with E-state index < -0.39 is 0 Å². The molecule has 2 rings (SSSR count). The Balaban J connectivity index is 2.27. The Kier molecular flexibility index (Phi) is 5.57. The standard InChI is InChI=1S/C18H29N3O/c1-6-21-10-9-14(11-18(21)22)15-7-8-16(13(2)3)19-17(15)12-20(4)5/h7-8,13-14H,6,9-12H2,1-5H3. The monoisotopic (exact) mass is 303 g/mol. The minimum atomic E-state index is 0.280. The molecule has 1 aliphatic rings. The van der Waals surface area contributed by atoms with E-state index in [1.165, 1.54) is 5.56 Å². The number of piperidine rings is 1. The quantitative estimate of drug-likeness (QED) is 0.839. The van der Waals surface area contributed by atoms with Crippen molar-refractivity contribution in [2.24, 2.45) is 0 Å². The highest BCUT2D eigenvalue weighted by atomic mass is 16.2. The summed E-state index contributed by atoms with van der Waals surface area (Å²) in [6.45, 7) is 8.91. The highest BCUT2D eigenvalue weighted by Gasteiger charge is 2.28. The average Bonchev–Trinajstić information content (AvgIpc) is 2.46. The molecule has 0 radical (unpaired) electrons. The fourth-order valence-electron chi connectivity index (χ4n) is 3.13. The lowest BCUT2D eigenvalue weighted by molar-refractivity contribution is -0.133. The molecule has 1 amide bonds. The van der Waals surface area contributed by atoms with Gasteiger partial charge in [0.05, 0.1) is 5.69 Å². The van der Waals surface area contributed by atoms with E-state index in [1.807, 2.05) is 4.90 Å². The number of pyridine rings is 1. The zero-order chi connectivity index (χ0) is 16.3. The summed E-state index contributed by atoms with van der Waals surface area (Å²) in [5.41, 5.74) is 3.54. The van der Waals surface area contributed by atoms with Crippen LogP contribution >= 0.6 is 0 Å². The van der Waals surface area contributed by atoms with Crippen molar-refractivity contribution in [3.63, 3.8) is 0 Å². The summed E-state index contributed by atoms with van der Waals surface area (Å²) in [5.74, 6) is 1.03. The molecule has 1 fully saturated rings. The van der Waals surface area contributed by atoms with Crippen molar-refractivity contribution in [2.75, 3.05) is 27.2 Å². The first-order valence-corrected chi connectivity index (χ1v) is 8.34. The van der Waals surface area contributed by atoms with Gasteiger partial charge >= 0.3 is 0 Å². The molecule has 1 aromatic heterocycles. The maximum Gasteiger partial charge on any atom is 0.223 e. The van der Waals surface area contributed by atoms with E-state index in [0.29, 0.717) is 18.3 Å². The van der Waals surface area contributed by atoms with Crippen molar-refractivity contribution >= 4 is 5.91 Å². The first-order chi connectivity index (χ1) is 10.4. The van der Waals surface area contributed by atoms with Gasteiger partial charge in [-0.25, -0.2) is 0 Å². The second-order valence-corrected chi connectivity index (χ2v) is 6.83. The van der Waals surface area contributed by atoms with Gasteiger partial charge in [0.15, 0.2) is 0 Å². The molecule has 0 spiro atoms. The third-order valence-corrected chi connectivity index (χ3v) is 4.43. The smallest absolute Gasteiger partial charge is 0.223 e. The summed E-state index contributed by atoms with van der Waals surface area (Å²) in [6.07, 6.45) is 1.67. The summed E-state index contributed by atoms with van der Waals surface area (Å²) in [4.78, 5) is 21.2. The van der Waals surface area contributed by atoms with Crippen molar-refractivity contribution in [3.8, 4) is 0 Å². The molecule has 0 aromatic carbocycles.